The van der Waals surface area contributed by atoms with Crippen LogP contribution in [0.4, 0.5) is 0 Å². The van der Waals surface area contributed by atoms with Gasteiger partial charge in [0, 0.05) is 6.42 Å². The summed E-state index contributed by atoms with van der Waals surface area (Å²) in [7, 11) is 0. The van der Waals surface area contributed by atoms with Gasteiger partial charge in [-0.05, 0) is 51.4 Å². The highest BCUT2D eigenvalue weighted by atomic mass is 16.7. The Morgan fingerprint density at radius 3 is 1.46 bits per heavy atom. The number of carbonyl (C=O) groups excluding carboxylic acids is 1. The molecular weight excluding hydrogens is 895 g/mol. The zero-order valence-corrected chi connectivity index (χ0v) is 43.8. The van der Waals surface area contributed by atoms with Crippen LogP contribution >= 0.6 is 0 Å². The van der Waals surface area contributed by atoms with Crippen molar-refractivity contribution in [3.05, 3.63) is 36.5 Å². The van der Waals surface area contributed by atoms with Gasteiger partial charge in [0.1, 0.15) is 48.8 Å². The van der Waals surface area contributed by atoms with Gasteiger partial charge in [-0.25, -0.2) is 0 Å². The quantitative estimate of drug-likeness (QED) is 0.0206. The summed E-state index contributed by atoms with van der Waals surface area (Å²) in [6.07, 6.45) is 34.2. The van der Waals surface area contributed by atoms with Crippen LogP contribution in [0, 0.1) is 0 Å². The molecule has 12 atom stereocenters. The molecule has 2 fully saturated rings. The van der Waals surface area contributed by atoms with Gasteiger partial charge in [0.2, 0.25) is 5.91 Å². The van der Waals surface area contributed by atoms with Crippen LogP contribution in [0.2, 0.25) is 0 Å². The summed E-state index contributed by atoms with van der Waals surface area (Å²) in [6, 6.07) is -0.908. The van der Waals surface area contributed by atoms with Gasteiger partial charge in [0.15, 0.2) is 12.6 Å². The van der Waals surface area contributed by atoms with Crippen LogP contribution in [-0.2, 0) is 23.7 Å². The van der Waals surface area contributed by atoms with Crippen molar-refractivity contribution < 1.29 is 64.6 Å². The maximum absolute atomic E-state index is 13.1. The van der Waals surface area contributed by atoms with E-state index in [4.69, 9.17) is 18.9 Å². The first-order chi connectivity index (χ1) is 34.1. The molecule has 0 aromatic heterocycles. The molecule has 0 bridgehead atoms. The Bertz CT molecular complexity index is 1320. The number of rotatable bonds is 44. The minimum atomic E-state index is -1.78. The molecule has 0 radical (unpaired) electrons. The molecule has 0 aliphatic carbocycles. The first-order valence-corrected chi connectivity index (χ1v) is 28.2. The Labute approximate surface area is 423 Å². The largest absolute Gasteiger partial charge is 0.394 e. The van der Waals surface area contributed by atoms with E-state index in [1.54, 1.807) is 6.08 Å². The van der Waals surface area contributed by atoms with Crippen LogP contribution in [0.5, 0.6) is 0 Å². The number of aliphatic hydroxyl groups is 8. The summed E-state index contributed by atoms with van der Waals surface area (Å²) in [5, 5.41) is 86.3. The van der Waals surface area contributed by atoms with Gasteiger partial charge in [-0.3, -0.25) is 4.79 Å². The smallest absolute Gasteiger partial charge is 0.220 e. The normalized spacial score (nSPS) is 26.2. The second-order valence-corrected chi connectivity index (χ2v) is 20.1. The molecule has 2 aliphatic heterocycles. The fourth-order valence-corrected chi connectivity index (χ4v) is 9.20. The molecule has 1 amide bonds. The van der Waals surface area contributed by atoms with Crippen molar-refractivity contribution in [2.24, 2.45) is 0 Å². The SMILES string of the molecule is CCCCC/C=C/C(O)C(COC1OC(CO)C(OC2OC(CO)C(O)C(O)C2O)C(O)C1O)NC(=O)CCCCCCCCCCCCCCCCCCCCC/C=C\C/C=C\CCCCCCC. The van der Waals surface area contributed by atoms with E-state index in [2.05, 4.69) is 43.5 Å². The van der Waals surface area contributed by atoms with E-state index in [-0.39, 0.29) is 18.9 Å². The molecule has 2 heterocycles. The van der Waals surface area contributed by atoms with Crippen molar-refractivity contribution in [2.75, 3.05) is 19.8 Å². The van der Waals surface area contributed by atoms with E-state index in [9.17, 15) is 45.6 Å². The van der Waals surface area contributed by atoms with Crippen LogP contribution in [-0.4, -0.2) is 140 Å². The molecule has 12 unspecified atom stereocenters. The minimum Gasteiger partial charge on any atom is -0.394 e. The third-order valence-corrected chi connectivity index (χ3v) is 13.8. The Morgan fingerprint density at radius 1 is 0.514 bits per heavy atom. The number of amides is 1. The van der Waals surface area contributed by atoms with Crippen LogP contribution in [0.25, 0.3) is 0 Å². The Morgan fingerprint density at radius 2 is 0.943 bits per heavy atom. The van der Waals surface area contributed by atoms with Crippen molar-refractivity contribution in [3.8, 4) is 0 Å². The van der Waals surface area contributed by atoms with Gasteiger partial charge in [-0.15, -0.1) is 0 Å². The fourth-order valence-electron chi connectivity index (χ4n) is 9.20. The number of allylic oxidation sites excluding steroid dienone is 5. The third kappa shape index (κ3) is 28.6. The zero-order chi connectivity index (χ0) is 51.0. The highest BCUT2D eigenvalue weighted by Crippen LogP contribution is 2.30. The lowest BCUT2D eigenvalue weighted by atomic mass is 9.97. The predicted octanol–water partition coefficient (Wildman–Crippen LogP) is 8.66. The number of aliphatic hydroxyl groups excluding tert-OH is 8. The molecule has 410 valence electrons. The van der Waals surface area contributed by atoms with Crippen molar-refractivity contribution in [1.29, 1.82) is 0 Å². The van der Waals surface area contributed by atoms with Gasteiger partial charge < -0.3 is 65.1 Å². The van der Waals surface area contributed by atoms with Crippen molar-refractivity contribution in [1.82, 2.24) is 5.32 Å². The lowest BCUT2D eigenvalue weighted by Crippen LogP contribution is -2.65. The Hall–Kier alpha value is -1.79. The molecule has 0 aromatic carbocycles. The molecule has 2 aliphatic rings. The first-order valence-electron chi connectivity index (χ1n) is 28.2. The summed E-state index contributed by atoms with van der Waals surface area (Å²) in [6.45, 7) is 2.66. The van der Waals surface area contributed by atoms with E-state index >= 15 is 0 Å². The van der Waals surface area contributed by atoms with E-state index in [1.807, 2.05) is 6.08 Å². The number of hydrogen-bond donors (Lipinski definition) is 9. The summed E-state index contributed by atoms with van der Waals surface area (Å²) in [4.78, 5) is 13.1. The van der Waals surface area contributed by atoms with Gasteiger partial charge >= 0.3 is 0 Å². The molecule has 2 rings (SSSR count). The van der Waals surface area contributed by atoms with Crippen LogP contribution in [0.3, 0.4) is 0 Å². The number of unbranched alkanes of at least 4 members (excludes halogenated alkanes) is 27. The van der Waals surface area contributed by atoms with Gasteiger partial charge in [0.25, 0.3) is 0 Å². The highest BCUT2D eigenvalue weighted by molar-refractivity contribution is 5.76. The lowest BCUT2D eigenvalue weighted by Gasteiger charge is -2.46. The molecule has 0 spiro atoms. The standard InChI is InChI=1S/C56H103NO13/c1-3-5-7-9-10-11-12-13-14-15-16-17-18-19-20-21-22-23-24-25-26-27-28-29-30-31-32-33-34-36-38-40-48(61)57-44(45(60)39-37-35-8-6-4-2)43-67-55-53(66)51(64)54(47(42-59)69-55)70-56-52(65)50(63)49(62)46(41-58)68-56/h12-13,15-16,37,39,44-47,49-56,58-60,62-66H,3-11,14,17-36,38,40-43H2,1-2H3,(H,57,61)/b13-12-,16-15-,39-37+. The average Bonchev–Trinajstić information content (AvgIpc) is 3.36. The molecule has 0 saturated carbocycles. The molecule has 0 aromatic rings. The first kappa shape index (κ1) is 64.3. The summed E-state index contributed by atoms with van der Waals surface area (Å²) in [5.74, 6) is -0.245. The summed E-state index contributed by atoms with van der Waals surface area (Å²) >= 11 is 0. The number of nitrogens with one attached hydrogen (secondary N) is 1. The van der Waals surface area contributed by atoms with Gasteiger partial charge in [-0.2, -0.15) is 0 Å². The van der Waals surface area contributed by atoms with E-state index < -0.39 is 86.8 Å². The number of hydrogen-bond acceptors (Lipinski definition) is 13. The molecular formula is C56H103NO13. The topological polar surface area (TPSA) is 228 Å². The Kier molecular flexibility index (Phi) is 39.1. The van der Waals surface area contributed by atoms with Crippen LogP contribution in [0.15, 0.2) is 36.5 Å². The van der Waals surface area contributed by atoms with Crippen molar-refractivity contribution in [2.45, 2.75) is 293 Å². The second kappa shape index (κ2) is 42.6. The van der Waals surface area contributed by atoms with Gasteiger partial charge in [-0.1, -0.05) is 198 Å². The summed E-state index contributed by atoms with van der Waals surface area (Å²) in [5.41, 5.74) is 0. The molecule has 14 heteroatoms. The lowest BCUT2D eigenvalue weighted by molar-refractivity contribution is -0.359. The predicted molar refractivity (Wildman–Crippen MR) is 277 cm³/mol. The van der Waals surface area contributed by atoms with Crippen LogP contribution in [0.1, 0.15) is 219 Å². The van der Waals surface area contributed by atoms with Crippen LogP contribution < -0.4 is 5.32 Å². The van der Waals surface area contributed by atoms with E-state index in [0.717, 1.165) is 51.4 Å². The van der Waals surface area contributed by atoms with E-state index in [1.165, 1.54) is 141 Å². The number of carbonyl (C=O) groups is 1. The molecule has 14 nitrogen and oxygen atoms in total. The molecule has 70 heavy (non-hydrogen) atoms. The fraction of sp³-hybridized carbons (Fsp3) is 0.875. The maximum Gasteiger partial charge on any atom is 0.220 e. The Balaban J connectivity index is 1.56. The third-order valence-electron chi connectivity index (χ3n) is 13.8. The minimum absolute atomic E-state index is 0.245. The number of ether oxygens (including phenoxy) is 4. The highest BCUT2D eigenvalue weighted by Gasteiger charge is 2.51. The summed E-state index contributed by atoms with van der Waals surface area (Å²) < 4.78 is 22.6. The molecule has 9 N–H and O–H groups in total. The average molecular weight is 998 g/mol. The van der Waals surface area contributed by atoms with Crippen molar-refractivity contribution >= 4 is 5.91 Å². The zero-order valence-electron chi connectivity index (χ0n) is 43.8. The van der Waals surface area contributed by atoms with Gasteiger partial charge in [0.05, 0.1) is 32.0 Å². The van der Waals surface area contributed by atoms with E-state index in [0.29, 0.717) is 6.42 Å². The maximum atomic E-state index is 13.1. The monoisotopic (exact) mass is 998 g/mol. The molecule has 2 saturated heterocycles. The van der Waals surface area contributed by atoms with Crippen molar-refractivity contribution in [3.63, 3.8) is 0 Å². The second-order valence-electron chi connectivity index (χ2n) is 20.1.